The Morgan fingerprint density at radius 1 is 1.47 bits per heavy atom. The zero-order valence-electron chi connectivity index (χ0n) is 10.3. The molecule has 0 aliphatic carbocycles. The Hall–Kier alpha value is -0.400. The van der Waals surface area contributed by atoms with Gasteiger partial charge in [-0.3, -0.25) is 9.59 Å². The van der Waals surface area contributed by atoms with Gasteiger partial charge in [0, 0.05) is 13.1 Å². The van der Waals surface area contributed by atoms with E-state index in [0.717, 1.165) is 14.0 Å². The highest BCUT2D eigenvalue weighted by atomic mass is 79.9. The molecule has 19 heavy (non-hydrogen) atoms. The molecule has 1 N–H and O–H groups in total. The van der Waals surface area contributed by atoms with Crippen molar-refractivity contribution in [1.82, 2.24) is 4.90 Å². The summed E-state index contributed by atoms with van der Waals surface area (Å²) in [4.78, 5) is 25.4. The molecule has 0 bridgehead atoms. The lowest BCUT2D eigenvalue weighted by atomic mass is 9.82. The summed E-state index contributed by atoms with van der Waals surface area (Å²) in [6.07, 6.45) is 1.33. The Morgan fingerprint density at radius 2 is 2.16 bits per heavy atom. The van der Waals surface area contributed by atoms with Gasteiger partial charge in [0.1, 0.15) is 0 Å². The number of carbonyl (C=O) groups is 2. The zero-order valence-corrected chi connectivity index (χ0v) is 14.3. The number of hydrogen-bond acceptors (Lipinski definition) is 3. The minimum Gasteiger partial charge on any atom is -0.481 e. The van der Waals surface area contributed by atoms with Crippen LogP contribution in [-0.4, -0.2) is 35.0 Å². The number of halogens is 2. The van der Waals surface area contributed by atoms with Gasteiger partial charge < -0.3 is 10.0 Å². The topological polar surface area (TPSA) is 57.6 Å². The lowest BCUT2D eigenvalue weighted by molar-refractivity contribution is -0.150. The van der Waals surface area contributed by atoms with Crippen molar-refractivity contribution in [2.45, 2.75) is 19.8 Å². The van der Waals surface area contributed by atoms with Crippen LogP contribution in [0.4, 0.5) is 0 Å². The third-order valence-corrected chi connectivity index (χ3v) is 5.73. The molecule has 1 aliphatic heterocycles. The molecule has 1 amide bonds. The van der Waals surface area contributed by atoms with Crippen molar-refractivity contribution in [3.8, 4) is 0 Å². The quantitative estimate of drug-likeness (QED) is 0.810. The summed E-state index contributed by atoms with van der Waals surface area (Å²) in [7, 11) is 0. The number of carbonyl (C=O) groups excluding carboxylic acids is 1. The van der Waals surface area contributed by atoms with Crippen LogP contribution in [0.15, 0.2) is 13.6 Å². The first-order valence-corrected chi connectivity index (χ1v) is 8.21. The monoisotopic (exact) mass is 409 g/mol. The Balaban J connectivity index is 2.20. The molecule has 0 spiro atoms. The number of likely N-dealkylation sites (tertiary alicyclic amines) is 1. The van der Waals surface area contributed by atoms with Crippen molar-refractivity contribution >= 4 is 55.1 Å². The van der Waals surface area contributed by atoms with Crippen LogP contribution in [0.5, 0.6) is 0 Å². The number of amides is 1. The number of piperidine rings is 1. The van der Waals surface area contributed by atoms with Crippen LogP contribution in [0, 0.1) is 5.41 Å². The maximum absolute atomic E-state index is 12.4. The Morgan fingerprint density at radius 3 is 2.68 bits per heavy atom. The normalized spacial score (nSPS) is 23.4. The highest BCUT2D eigenvalue weighted by Gasteiger charge is 2.39. The van der Waals surface area contributed by atoms with Crippen LogP contribution in [0.25, 0.3) is 0 Å². The van der Waals surface area contributed by atoms with Crippen molar-refractivity contribution in [2.24, 2.45) is 5.41 Å². The predicted molar refractivity (Wildman–Crippen MR) is 80.6 cm³/mol. The molecular weight excluding hydrogens is 398 g/mol. The summed E-state index contributed by atoms with van der Waals surface area (Å²) in [5.74, 6) is -0.948. The van der Waals surface area contributed by atoms with Crippen LogP contribution in [0.2, 0.25) is 0 Å². The Bertz CT molecular complexity index is 531. The van der Waals surface area contributed by atoms with Crippen LogP contribution in [0.3, 0.4) is 0 Å². The van der Waals surface area contributed by atoms with Gasteiger partial charge in [-0.15, -0.1) is 11.3 Å². The first-order valence-electron chi connectivity index (χ1n) is 5.81. The van der Waals surface area contributed by atoms with Gasteiger partial charge in [-0.25, -0.2) is 0 Å². The summed E-state index contributed by atoms with van der Waals surface area (Å²) < 4.78 is 1.65. The molecule has 1 atom stereocenters. The molecule has 1 unspecified atom stereocenters. The highest BCUT2D eigenvalue weighted by molar-refractivity contribution is 9.12. The molecule has 104 valence electrons. The molecule has 0 aromatic carbocycles. The van der Waals surface area contributed by atoms with E-state index in [-0.39, 0.29) is 12.5 Å². The van der Waals surface area contributed by atoms with Gasteiger partial charge in [0.25, 0.3) is 5.91 Å². The number of hydrogen-bond donors (Lipinski definition) is 1. The van der Waals surface area contributed by atoms with Crippen LogP contribution >= 0.6 is 43.2 Å². The van der Waals surface area contributed by atoms with Crippen molar-refractivity contribution in [2.75, 3.05) is 13.1 Å². The molecule has 7 heteroatoms. The van der Waals surface area contributed by atoms with Gasteiger partial charge in [0.2, 0.25) is 0 Å². The summed E-state index contributed by atoms with van der Waals surface area (Å²) in [5, 5.41) is 9.27. The molecule has 1 fully saturated rings. The first-order chi connectivity index (χ1) is 8.83. The number of rotatable bonds is 2. The predicted octanol–water partition coefficient (Wildman–Crippen LogP) is 3.60. The fraction of sp³-hybridized carbons (Fsp3) is 0.500. The van der Waals surface area contributed by atoms with Gasteiger partial charge in [0.05, 0.1) is 18.6 Å². The molecular formula is C12H13Br2NO3S. The number of aliphatic carboxylic acids is 1. The molecule has 4 nitrogen and oxygen atoms in total. The summed E-state index contributed by atoms with van der Waals surface area (Å²) in [5.41, 5.74) is -0.250. The molecule has 2 rings (SSSR count). The summed E-state index contributed by atoms with van der Waals surface area (Å²) in [6.45, 7) is 2.58. The minimum absolute atomic E-state index is 0.110. The molecule has 1 saturated heterocycles. The van der Waals surface area contributed by atoms with E-state index in [9.17, 15) is 14.7 Å². The fourth-order valence-electron chi connectivity index (χ4n) is 2.24. The molecule has 1 aromatic rings. The van der Waals surface area contributed by atoms with Crippen LogP contribution < -0.4 is 0 Å². The average Bonchev–Trinajstić information content (AvgIpc) is 2.67. The van der Waals surface area contributed by atoms with E-state index >= 15 is 0 Å². The second-order valence-corrected chi connectivity index (χ2v) is 8.68. The van der Waals surface area contributed by atoms with E-state index in [0.29, 0.717) is 18.5 Å². The lowest BCUT2D eigenvalue weighted by Gasteiger charge is -2.37. The smallest absolute Gasteiger partial charge is 0.311 e. The molecule has 0 radical (unpaired) electrons. The zero-order chi connectivity index (χ0) is 14.2. The standard InChI is InChI=1S/C12H13Br2NO3S/c1-12(11(17)18)3-2-4-15(6-12)10(16)7-5-8(13)19-9(7)14/h5H,2-4,6H2,1H3,(H,17,18). The highest BCUT2D eigenvalue weighted by Crippen LogP contribution is 2.35. The molecule has 1 aromatic heterocycles. The molecule has 0 saturated carbocycles. The second-order valence-electron chi connectivity index (χ2n) is 4.93. The number of carboxylic acid groups (broad SMARTS) is 1. The Labute approximate surface area is 132 Å². The van der Waals surface area contributed by atoms with E-state index in [1.165, 1.54) is 11.3 Å². The maximum Gasteiger partial charge on any atom is 0.311 e. The number of thiophene rings is 1. The van der Waals surface area contributed by atoms with E-state index in [4.69, 9.17) is 0 Å². The molecule has 1 aliphatic rings. The number of nitrogens with zero attached hydrogens (tertiary/aromatic N) is 1. The third-order valence-electron chi connectivity index (χ3n) is 3.39. The lowest BCUT2D eigenvalue weighted by Crippen LogP contribution is -2.48. The largest absolute Gasteiger partial charge is 0.481 e. The molecule has 2 heterocycles. The summed E-state index contributed by atoms with van der Waals surface area (Å²) in [6, 6.07) is 1.77. The van der Waals surface area contributed by atoms with E-state index < -0.39 is 11.4 Å². The van der Waals surface area contributed by atoms with Crippen LogP contribution in [0.1, 0.15) is 30.1 Å². The van der Waals surface area contributed by atoms with Gasteiger partial charge in [0.15, 0.2) is 0 Å². The van der Waals surface area contributed by atoms with Crippen molar-refractivity contribution in [3.63, 3.8) is 0 Å². The van der Waals surface area contributed by atoms with Crippen molar-refractivity contribution < 1.29 is 14.7 Å². The van der Waals surface area contributed by atoms with E-state index in [2.05, 4.69) is 31.9 Å². The average molecular weight is 411 g/mol. The maximum atomic E-state index is 12.4. The second kappa shape index (κ2) is 5.54. The fourth-order valence-corrected chi connectivity index (χ4v) is 5.02. The van der Waals surface area contributed by atoms with Gasteiger partial charge in [-0.1, -0.05) is 0 Å². The summed E-state index contributed by atoms with van der Waals surface area (Å²) >= 11 is 8.15. The SMILES string of the molecule is CC1(C(=O)O)CCCN(C(=O)c2cc(Br)sc2Br)C1. The van der Waals surface area contributed by atoms with E-state index in [1.54, 1.807) is 17.9 Å². The van der Waals surface area contributed by atoms with Gasteiger partial charge in [-0.05, 0) is 57.7 Å². The van der Waals surface area contributed by atoms with Gasteiger partial charge >= 0.3 is 5.97 Å². The van der Waals surface area contributed by atoms with Crippen molar-refractivity contribution in [1.29, 1.82) is 0 Å². The minimum atomic E-state index is -0.840. The first kappa shape index (κ1) is 15.0. The Kier molecular flexibility index (Phi) is 4.37. The number of carboxylic acids is 1. The van der Waals surface area contributed by atoms with E-state index in [1.807, 2.05) is 0 Å². The van der Waals surface area contributed by atoms with Crippen LogP contribution in [-0.2, 0) is 4.79 Å². The third kappa shape index (κ3) is 3.03. The van der Waals surface area contributed by atoms with Crippen molar-refractivity contribution in [3.05, 3.63) is 19.2 Å². The van der Waals surface area contributed by atoms with Gasteiger partial charge in [-0.2, -0.15) is 0 Å².